The Morgan fingerprint density at radius 1 is 1.15 bits per heavy atom. The van der Waals surface area contributed by atoms with E-state index in [1.165, 1.54) is 0 Å². The van der Waals surface area contributed by atoms with Crippen LogP contribution in [-0.2, 0) is 4.79 Å². The van der Waals surface area contributed by atoms with Gasteiger partial charge in [-0.25, -0.2) is 4.79 Å². The third-order valence-electron chi connectivity index (χ3n) is 2.98. The Morgan fingerprint density at radius 3 is 2.75 bits per heavy atom. The van der Waals surface area contributed by atoms with Crippen molar-refractivity contribution in [2.75, 3.05) is 6.61 Å². The molecule has 0 saturated heterocycles. The molecule has 1 heterocycles. The van der Waals surface area contributed by atoms with Crippen LogP contribution in [0.25, 0.3) is 0 Å². The molecule has 3 rings (SSSR count). The van der Waals surface area contributed by atoms with E-state index in [1.807, 2.05) is 31.2 Å². The van der Waals surface area contributed by atoms with Crippen molar-refractivity contribution in [3.8, 4) is 17.2 Å². The van der Waals surface area contributed by atoms with Crippen molar-refractivity contribution in [1.82, 2.24) is 0 Å². The lowest BCUT2D eigenvalue weighted by Crippen LogP contribution is -2.39. The molecule has 0 amide bonds. The number of fused-ring (bicyclic) bond motifs is 1. The molecule has 0 unspecified atom stereocenters. The summed E-state index contributed by atoms with van der Waals surface area (Å²) in [7, 11) is 0. The molecule has 4 nitrogen and oxygen atoms in total. The molecule has 0 bridgehead atoms. The van der Waals surface area contributed by atoms with E-state index in [2.05, 4.69) is 0 Å². The van der Waals surface area contributed by atoms with Crippen LogP contribution < -0.4 is 14.2 Å². The van der Waals surface area contributed by atoms with Crippen LogP contribution in [0.3, 0.4) is 0 Å². The van der Waals surface area contributed by atoms with Gasteiger partial charge in [-0.3, -0.25) is 0 Å². The first-order valence-electron chi connectivity index (χ1n) is 6.39. The van der Waals surface area contributed by atoms with Gasteiger partial charge in [0.2, 0.25) is 6.10 Å². The van der Waals surface area contributed by atoms with Gasteiger partial charge < -0.3 is 14.2 Å². The average molecular weight is 270 g/mol. The SMILES string of the molecule is Cc1cccc(OC(=O)[C@H]2COc3ccccc3O2)c1. The Labute approximate surface area is 116 Å². The maximum absolute atomic E-state index is 12.1. The van der Waals surface area contributed by atoms with Gasteiger partial charge >= 0.3 is 5.97 Å². The summed E-state index contributed by atoms with van der Waals surface area (Å²) in [4.78, 5) is 12.1. The monoisotopic (exact) mass is 270 g/mol. The highest BCUT2D eigenvalue weighted by atomic mass is 16.6. The lowest BCUT2D eigenvalue weighted by atomic mass is 10.2. The van der Waals surface area contributed by atoms with E-state index in [0.29, 0.717) is 17.2 Å². The van der Waals surface area contributed by atoms with Crippen molar-refractivity contribution >= 4 is 5.97 Å². The quantitative estimate of drug-likeness (QED) is 0.621. The fourth-order valence-corrected chi connectivity index (χ4v) is 2.00. The van der Waals surface area contributed by atoms with Gasteiger partial charge in [0.1, 0.15) is 12.4 Å². The van der Waals surface area contributed by atoms with Gasteiger partial charge in [0, 0.05) is 0 Å². The van der Waals surface area contributed by atoms with Crippen molar-refractivity contribution in [3.05, 3.63) is 54.1 Å². The highest BCUT2D eigenvalue weighted by Crippen LogP contribution is 2.31. The third-order valence-corrected chi connectivity index (χ3v) is 2.98. The topological polar surface area (TPSA) is 44.8 Å². The second kappa shape index (κ2) is 5.25. The van der Waals surface area contributed by atoms with Crippen LogP contribution in [0, 0.1) is 6.92 Å². The average Bonchev–Trinajstić information content (AvgIpc) is 2.47. The van der Waals surface area contributed by atoms with Crippen LogP contribution in [0.5, 0.6) is 17.2 Å². The Balaban J connectivity index is 1.70. The summed E-state index contributed by atoms with van der Waals surface area (Å²) >= 11 is 0. The molecule has 0 saturated carbocycles. The molecule has 0 aromatic heterocycles. The molecule has 0 spiro atoms. The van der Waals surface area contributed by atoms with E-state index in [9.17, 15) is 4.79 Å². The minimum Gasteiger partial charge on any atom is -0.485 e. The first kappa shape index (κ1) is 12.5. The summed E-state index contributed by atoms with van der Waals surface area (Å²) < 4.78 is 16.4. The molecule has 0 radical (unpaired) electrons. The smallest absolute Gasteiger partial charge is 0.356 e. The number of benzene rings is 2. The number of hydrogen-bond donors (Lipinski definition) is 0. The number of ether oxygens (including phenoxy) is 3. The largest absolute Gasteiger partial charge is 0.485 e. The number of esters is 1. The van der Waals surface area contributed by atoms with E-state index in [0.717, 1.165) is 5.56 Å². The van der Waals surface area contributed by atoms with Crippen LogP contribution in [0.2, 0.25) is 0 Å². The summed E-state index contributed by atoms with van der Waals surface area (Å²) in [5.41, 5.74) is 1.03. The molecule has 2 aromatic carbocycles. The summed E-state index contributed by atoms with van der Waals surface area (Å²) in [6.07, 6.45) is -0.745. The van der Waals surface area contributed by atoms with Crippen LogP contribution in [0.4, 0.5) is 0 Å². The van der Waals surface area contributed by atoms with Gasteiger partial charge in [-0.1, -0.05) is 24.3 Å². The van der Waals surface area contributed by atoms with E-state index < -0.39 is 12.1 Å². The van der Waals surface area contributed by atoms with Crippen molar-refractivity contribution in [2.45, 2.75) is 13.0 Å². The van der Waals surface area contributed by atoms with Crippen LogP contribution >= 0.6 is 0 Å². The van der Waals surface area contributed by atoms with Gasteiger partial charge in [-0.05, 0) is 36.8 Å². The minimum absolute atomic E-state index is 0.154. The number of hydrogen-bond acceptors (Lipinski definition) is 4. The van der Waals surface area contributed by atoms with Crippen LogP contribution in [-0.4, -0.2) is 18.7 Å². The molecular weight excluding hydrogens is 256 g/mol. The predicted molar refractivity (Wildman–Crippen MR) is 73.2 cm³/mol. The minimum atomic E-state index is -0.745. The predicted octanol–water partition coefficient (Wildman–Crippen LogP) is 2.74. The summed E-state index contributed by atoms with van der Waals surface area (Å²) in [5, 5.41) is 0. The summed E-state index contributed by atoms with van der Waals surface area (Å²) in [6, 6.07) is 14.6. The van der Waals surface area contributed by atoms with Gasteiger partial charge in [-0.15, -0.1) is 0 Å². The number of aryl methyl sites for hydroxylation is 1. The van der Waals surface area contributed by atoms with Crippen LogP contribution in [0.1, 0.15) is 5.56 Å². The fraction of sp³-hybridized carbons (Fsp3) is 0.188. The standard InChI is InChI=1S/C16H14O4/c1-11-5-4-6-12(9-11)19-16(17)15-10-18-13-7-2-3-8-14(13)20-15/h2-9,15H,10H2,1H3/t15-/m1/s1. The molecular formula is C16H14O4. The second-order valence-corrected chi connectivity index (χ2v) is 4.60. The molecule has 2 aromatic rings. The zero-order valence-electron chi connectivity index (χ0n) is 11.0. The van der Waals surface area contributed by atoms with Crippen molar-refractivity contribution in [3.63, 3.8) is 0 Å². The molecule has 20 heavy (non-hydrogen) atoms. The Hall–Kier alpha value is -2.49. The van der Waals surface area contributed by atoms with E-state index in [1.54, 1.807) is 24.3 Å². The molecule has 0 fully saturated rings. The van der Waals surface area contributed by atoms with E-state index in [4.69, 9.17) is 14.2 Å². The Morgan fingerprint density at radius 2 is 1.95 bits per heavy atom. The fourth-order valence-electron chi connectivity index (χ4n) is 2.00. The van der Waals surface area contributed by atoms with Crippen molar-refractivity contribution < 1.29 is 19.0 Å². The van der Waals surface area contributed by atoms with E-state index in [-0.39, 0.29) is 6.61 Å². The maximum Gasteiger partial charge on any atom is 0.356 e. The molecule has 1 atom stereocenters. The molecule has 0 N–H and O–H groups in total. The highest BCUT2D eigenvalue weighted by molar-refractivity contribution is 5.78. The number of para-hydroxylation sites is 2. The molecule has 1 aliphatic heterocycles. The normalized spacial score (nSPS) is 16.6. The first-order chi connectivity index (χ1) is 9.72. The van der Waals surface area contributed by atoms with Crippen molar-refractivity contribution in [1.29, 1.82) is 0 Å². The molecule has 4 heteroatoms. The first-order valence-corrected chi connectivity index (χ1v) is 6.39. The maximum atomic E-state index is 12.1. The summed E-state index contributed by atoms with van der Waals surface area (Å²) in [6.45, 7) is 2.09. The highest BCUT2D eigenvalue weighted by Gasteiger charge is 2.29. The lowest BCUT2D eigenvalue weighted by Gasteiger charge is -2.24. The number of carbonyl (C=O) groups is 1. The molecule has 1 aliphatic rings. The van der Waals surface area contributed by atoms with E-state index >= 15 is 0 Å². The Bertz CT molecular complexity index is 636. The third kappa shape index (κ3) is 2.59. The Kier molecular flexibility index (Phi) is 3.29. The van der Waals surface area contributed by atoms with Gasteiger partial charge in [0.15, 0.2) is 11.5 Å². The zero-order valence-corrected chi connectivity index (χ0v) is 11.0. The lowest BCUT2D eigenvalue weighted by molar-refractivity contribution is -0.144. The van der Waals surface area contributed by atoms with Crippen molar-refractivity contribution in [2.24, 2.45) is 0 Å². The summed E-state index contributed by atoms with van der Waals surface area (Å²) in [5.74, 6) is 1.26. The number of rotatable bonds is 2. The number of carbonyl (C=O) groups excluding carboxylic acids is 1. The zero-order chi connectivity index (χ0) is 13.9. The second-order valence-electron chi connectivity index (χ2n) is 4.60. The van der Waals surface area contributed by atoms with Gasteiger partial charge in [0.05, 0.1) is 0 Å². The van der Waals surface area contributed by atoms with Gasteiger partial charge in [-0.2, -0.15) is 0 Å². The van der Waals surface area contributed by atoms with Crippen LogP contribution in [0.15, 0.2) is 48.5 Å². The molecule has 0 aliphatic carbocycles. The van der Waals surface area contributed by atoms with Gasteiger partial charge in [0.25, 0.3) is 0 Å². The molecule has 102 valence electrons.